The van der Waals surface area contributed by atoms with Gasteiger partial charge in [0.05, 0.1) is 6.42 Å². The Kier molecular flexibility index (Phi) is 3.93. The summed E-state index contributed by atoms with van der Waals surface area (Å²) in [4.78, 5) is 14.3. The van der Waals surface area contributed by atoms with Gasteiger partial charge in [-0.1, -0.05) is 29.3 Å². The normalized spacial score (nSPS) is 28.8. The van der Waals surface area contributed by atoms with E-state index >= 15 is 0 Å². The highest BCUT2D eigenvalue weighted by Gasteiger charge is 2.42. The van der Waals surface area contributed by atoms with Crippen LogP contribution < -0.4 is 5.73 Å². The summed E-state index contributed by atoms with van der Waals surface area (Å²) >= 11 is 12.0. The molecule has 1 aliphatic carbocycles. The molecule has 108 valence electrons. The van der Waals surface area contributed by atoms with Crippen molar-refractivity contribution < 1.29 is 4.79 Å². The molecular weight excluding hydrogens is 295 g/mol. The smallest absolute Gasteiger partial charge is 0.227 e. The second-order valence-electron chi connectivity index (χ2n) is 5.88. The Morgan fingerprint density at radius 2 is 2.10 bits per heavy atom. The number of carbonyl (C=O) groups excluding carboxylic acids is 1. The molecule has 1 saturated heterocycles. The van der Waals surface area contributed by atoms with Gasteiger partial charge < -0.3 is 10.6 Å². The molecule has 0 radical (unpaired) electrons. The third-order valence-electron chi connectivity index (χ3n) is 4.62. The van der Waals surface area contributed by atoms with Gasteiger partial charge >= 0.3 is 0 Å². The summed E-state index contributed by atoms with van der Waals surface area (Å²) in [6.45, 7) is 1.65. The zero-order valence-corrected chi connectivity index (χ0v) is 12.7. The molecule has 2 aliphatic rings. The lowest BCUT2D eigenvalue weighted by Crippen LogP contribution is -2.34. The summed E-state index contributed by atoms with van der Waals surface area (Å²) in [5.74, 6) is 1.21. The summed E-state index contributed by atoms with van der Waals surface area (Å²) < 4.78 is 0. The Morgan fingerprint density at radius 1 is 1.30 bits per heavy atom. The molecule has 0 spiro atoms. The van der Waals surface area contributed by atoms with Crippen LogP contribution in [0.3, 0.4) is 0 Å². The van der Waals surface area contributed by atoms with E-state index in [4.69, 9.17) is 28.9 Å². The lowest BCUT2D eigenvalue weighted by atomic mass is 9.98. The van der Waals surface area contributed by atoms with Crippen LogP contribution >= 0.6 is 23.2 Å². The SMILES string of the molecule is NC1CCC2CN(C(=O)Cc3ccc(Cl)cc3Cl)CC12. The third kappa shape index (κ3) is 2.67. The number of hydrogen-bond acceptors (Lipinski definition) is 2. The largest absolute Gasteiger partial charge is 0.342 e. The molecule has 2 fully saturated rings. The molecule has 1 aromatic rings. The van der Waals surface area contributed by atoms with Crippen LogP contribution in [-0.2, 0) is 11.2 Å². The highest BCUT2D eigenvalue weighted by molar-refractivity contribution is 6.35. The lowest BCUT2D eigenvalue weighted by Gasteiger charge is -2.19. The molecule has 5 heteroatoms. The highest BCUT2D eigenvalue weighted by atomic mass is 35.5. The molecule has 1 aliphatic heterocycles. The number of carbonyl (C=O) groups is 1. The average molecular weight is 313 g/mol. The van der Waals surface area contributed by atoms with Crippen molar-refractivity contribution >= 4 is 29.1 Å². The van der Waals surface area contributed by atoms with Gasteiger partial charge in [-0.2, -0.15) is 0 Å². The predicted molar refractivity (Wildman–Crippen MR) is 80.9 cm³/mol. The summed E-state index contributed by atoms with van der Waals surface area (Å²) in [5.41, 5.74) is 6.94. The van der Waals surface area contributed by atoms with Gasteiger partial charge in [0.1, 0.15) is 0 Å². The summed E-state index contributed by atoms with van der Waals surface area (Å²) in [6, 6.07) is 5.54. The van der Waals surface area contributed by atoms with Crippen molar-refractivity contribution in [3.8, 4) is 0 Å². The number of nitrogens with zero attached hydrogens (tertiary/aromatic N) is 1. The molecule has 0 bridgehead atoms. The highest BCUT2D eigenvalue weighted by Crippen LogP contribution is 2.37. The monoisotopic (exact) mass is 312 g/mol. The number of likely N-dealkylation sites (tertiary alicyclic amines) is 1. The Balaban J connectivity index is 1.66. The maximum Gasteiger partial charge on any atom is 0.227 e. The second kappa shape index (κ2) is 5.55. The maximum atomic E-state index is 12.4. The van der Waals surface area contributed by atoms with Crippen LogP contribution in [0.1, 0.15) is 18.4 Å². The van der Waals surface area contributed by atoms with Gasteiger partial charge in [-0.25, -0.2) is 0 Å². The molecular formula is C15H18Cl2N2O. The molecule has 1 heterocycles. The van der Waals surface area contributed by atoms with Crippen molar-refractivity contribution in [3.63, 3.8) is 0 Å². The van der Waals surface area contributed by atoms with E-state index in [2.05, 4.69) is 0 Å². The Morgan fingerprint density at radius 3 is 2.80 bits per heavy atom. The first-order valence-electron chi connectivity index (χ1n) is 7.02. The van der Waals surface area contributed by atoms with E-state index in [0.29, 0.717) is 28.3 Å². The first-order valence-corrected chi connectivity index (χ1v) is 7.77. The molecule has 3 atom stereocenters. The van der Waals surface area contributed by atoms with Gasteiger partial charge in [-0.3, -0.25) is 4.79 Å². The molecule has 2 N–H and O–H groups in total. The van der Waals surface area contributed by atoms with Crippen molar-refractivity contribution in [2.45, 2.75) is 25.3 Å². The number of fused-ring (bicyclic) bond motifs is 1. The molecule has 1 saturated carbocycles. The van der Waals surface area contributed by atoms with E-state index in [-0.39, 0.29) is 11.9 Å². The first-order chi connectivity index (χ1) is 9.54. The second-order valence-corrected chi connectivity index (χ2v) is 6.72. The number of rotatable bonds is 2. The van der Waals surface area contributed by atoms with Crippen molar-refractivity contribution in [2.75, 3.05) is 13.1 Å². The molecule has 0 aromatic heterocycles. The van der Waals surface area contributed by atoms with E-state index in [9.17, 15) is 4.79 Å². The van der Waals surface area contributed by atoms with Crippen LogP contribution in [0.15, 0.2) is 18.2 Å². The summed E-state index contributed by atoms with van der Waals surface area (Å²) in [5, 5.41) is 1.15. The zero-order valence-electron chi connectivity index (χ0n) is 11.2. The maximum absolute atomic E-state index is 12.4. The van der Waals surface area contributed by atoms with Gasteiger partial charge in [-0.15, -0.1) is 0 Å². The number of nitrogens with two attached hydrogens (primary N) is 1. The molecule has 3 unspecified atom stereocenters. The van der Waals surface area contributed by atoms with E-state index < -0.39 is 0 Å². The predicted octanol–water partition coefficient (Wildman–Crippen LogP) is 2.73. The van der Waals surface area contributed by atoms with E-state index in [1.807, 2.05) is 11.0 Å². The molecule has 20 heavy (non-hydrogen) atoms. The Labute approximate surface area is 129 Å². The van der Waals surface area contributed by atoms with Gasteiger partial charge in [0, 0.05) is 29.2 Å². The lowest BCUT2D eigenvalue weighted by molar-refractivity contribution is -0.129. The fourth-order valence-electron chi connectivity index (χ4n) is 3.45. The van der Waals surface area contributed by atoms with Gasteiger partial charge in [0.15, 0.2) is 0 Å². The summed E-state index contributed by atoms with van der Waals surface area (Å²) in [7, 11) is 0. The minimum atomic E-state index is 0.135. The van der Waals surface area contributed by atoms with Crippen molar-refractivity contribution in [1.82, 2.24) is 4.90 Å². The van der Waals surface area contributed by atoms with Crippen LogP contribution in [0.4, 0.5) is 0 Å². The van der Waals surface area contributed by atoms with Gasteiger partial charge in [0.25, 0.3) is 0 Å². The molecule has 3 rings (SSSR count). The number of benzene rings is 1. The van der Waals surface area contributed by atoms with E-state index in [1.54, 1.807) is 12.1 Å². The van der Waals surface area contributed by atoms with Crippen molar-refractivity contribution in [2.24, 2.45) is 17.6 Å². The van der Waals surface area contributed by atoms with Crippen LogP contribution in [0.25, 0.3) is 0 Å². The minimum absolute atomic E-state index is 0.135. The molecule has 1 amide bonds. The first kappa shape index (κ1) is 14.2. The van der Waals surface area contributed by atoms with Crippen LogP contribution in [-0.4, -0.2) is 29.9 Å². The minimum Gasteiger partial charge on any atom is -0.342 e. The fourth-order valence-corrected chi connectivity index (χ4v) is 3.93. The number of hydrogen-bond donors (Lipinski definition) is 1. The van der Waals surface area contributed by atoms with Crippen molar-refractivity contribution in [1.29, 1.82) is 0 Å². The zero-order chi connectivity index (χ0) is 14.3. The molecule has 3 nitrogen and oxygen atoms in total. The average Bonchev–Trinajstić information content (AvgIpc) is 2.96. The molecule has 1 aromatic carbocycles. The number of amides is 1. The third-order valence-corrected chi connectivity index (χ3v) is 5.21. The van der Waals surface area contributed by atoms with Crippen molar-refractivity contribution in [3.05, 3.63) is 33.8 Å². The fraction of sp³-hybridized carbons (Fsp3) is 0.533. The standard InChI is InChI=1S/C15H18Cl2N2O/c16-11-3-1-9(13(17)6-11)5-15(20)19-7-10-2-4-14(18)12(10)8-19/h1,3,6,10,12,14H,2,4-5,7-8,18H2. The Bertz CT molecular complexity index is 535. The summed E-state index contributed by atoms with van der Waals surface area (Å²) in [6.07, 6.45) is 2.59. The number of halogens is 2. The van der Waals surface area contributed by atoms with Crippen LogP contribution in [0, 0.1) is 11.8 Å². The van der Waals surface area contributed by atoms with E-state index in [1.165, 1.54) is 0 Å². The quantitative estimate of drug-likeness (QED) is 0.912. The topological polar surface area (TPSA) is 46.3 Å². The Hall–Kier alpha value is -0.770. The van der Waals surface area contributed by atoms with Crippen LogP contribution in [0.2, 0.25) is 10.0 Å². The van der Waals surface area contributed by atoms with Gasteiger partial charge in [-0.05, 0) is 42.4 Å². The van der Waals surface area contributed by atoms with Gasteiger partial charge in [0.2, 0.25) is 5.91 Å². The van der Waals surface area contributed by atoms with Crippen LogP contribution in [0.5, 0.6) is 0 Å². The van der Waals surface area contributed by atoms with E-state index in [0.717, 1.165) is 31.5 Å².